The zero-order valence-electron chi connectivity index (χ0n) is 16.9. The molecule has 1 fully saturated rings. The number of halogens is 2. The number of fused-ring (bicyclic) bond motifs is 1. The molecule has 2 aromatic rings. The van der Waals surface area contributed by atoms with Crippen LogP contribution in [0.2, 0.25) is 0 Å². The molecule has 2 aliphatic rings. The molecule has 1 aliphatic heterocycles. The van der Waals surface area contributed by atoms with Gasteiger partial charge in [0.1, 0.15) is 5.75 Å². The number of hydrogen-bond donors (Lipinski definition) is 2. The number of nitrogens with one attached hydrogen (secondary N) is 1. The van der Waals surface area contributed by atoms with E-state index in [1.165, 1.54) is 16.7 Å². The molecular formula is C23H26F2N2O3. The third-order valence-electron chi connectivity index (χ3n) is 5.90. The summed E-state index contributed by atoms with van der Waals surface area (Å²) in [6.07, 6.45) is -0.204. The summed E-state index contributed by atoms with van der Waals surface area (Å²) in [5.41, 5.74) is 4.56. The van der Waals surface area contributed by atoms with Gasteiger partial charge in [-0.25, -0.2) is 13.6 Å². The molecule has 1 saturated carbocycles. The number of carboxylic acid groups (broad SMARTS) is 1. The molecule has 2 aromatic carbocycles. The number of nitrogens with zero attached hydrogens (tertiary/aromatic N) is 1. The summed E-state index contributed by atoms with van der Waals surface area (Å²) in [6.45, 7) is 4.45. The molecular weight excluding hydrogens is 390 g/mol. The highest BCUT2D eigenvalue weighted by Crippen LogP contribution is 2.48. The van der Waals surface area contributed by atoms with Gasteiger partial charge in [0, 0.05) is 26.1 Å². The molecule has 30 heavy (non-hydrogen) atoms. The van der Waals surface area contributed by atoms with Crippen molar-refractivity contribution in [3.05, 3.63) is 64.7 Å². The van der Waals surface area contributed by atoms with Crippen molar-refractivity contribution in [2.75, 3.05) is 13.2 Å². The van der Waals surface area contributed by atoms with E-state index in [4.69, 9.17) is 9.84 Å². The first-order valence-corrected chi connectivity index (χ1v) is 10.2. The number of hydrogen-bond acceptors (Lipinski definition) is 3. The Morgan fingerprint density at radius 3 is 2.67 bits per heavy atom. The number of amides is 1. The second kappa shape index (κ2) is 8.22. The van der Waals surface area contributed by atoms with Crippen molar-refractivity contribution < 1.29 is 23.4 Å². The normalized spacial score (nSPS) is 20.8. The summed E-state index contributed by atoms with van der Waals surface area (Å²) in [4.78, 5) is 13.1. The van der Waals surface area contributed by atoms with Crippen LogP contribution in [0.4, 0.5) is 13.6 Å². The third-order valence-corrected chi connectivity index (χ3v) is 5.90. The van der Waals surface area contributed by atoms with Crippen LogP contribution in [0, 0.1) is 5.92 Å². The molecule has 160 valence electrons. The van der Waals surface area contributed by atoms with Gasteiger partial charge >= 0.3 is 6.09 Å². The van der Waals surface area contributed by atoms with Crippen LogP contribution in [0.1, 0.15) is 41.6 Å². The number of alkyl halides is 2. The average molecular weight is 416 g/mol. The van der Waals surface area contributed by atoms with Gasteiger partial charge in [0.2, 0.25) is 0 Å². The maximum absolute atomic E-state index is 13.0. The van der Waals surface area contributed by atoms with Crippen molar-refractivity contribution in [2.45, 2.75) is 44.8 Å². The fourth-order valence-corrected chi connectivity index (χ4v) is 3.90. The zero-order valence-corrected chi connectivity index (χ0v) is 16.9. The molecule has 0 spiro atoms. The van der Waals surface area contributed by atoms with Crippen LogP contribution in [0.15, 0.2) is 42.5 Å². The first-order valence-electron chi connectivity index (χ1n) is 10.2. The quantitative estimate of drug-likeness (QED) is 0.692. The van der Waals surface area contributed by atoms with E-state index in [-0.39, 0.29) is 19.1 Å². The first-order chi connectivity index (χ1) is 14.3. The Balaban J connectivity index is 1.31. The first kappa shape index (κ1) is 20.6. The minimum absolute atomic E-state index is 0.0666. The largest absolute Gasteiger partial charge is 0.493 e. The number of ether oxygens (including phenoxy) is 1. The second-order valence-electron chi connectivity index (χ2n) is 8.28. The van der Waals surface area contributed by atoms with Crippen molar-refractivity contribution >= 4 is 6.09 Å². The number of benzene rings is 2. The minimum Gasteiger partial charge on any atom is -0.493 e. The average Bonchev–Trinajstić information content (AvgIpc) is 3.33. The number of carbonyl (C=O) groups is 1. The predicted octanol–water partition coefficient (Wildman–Crippen LogP) is 4.61. The maximum atomic E-state index is 13.0. The van der Waals surface area contributed by atoms with Crippen LogP contribution in [-0.4, -0.2) is 35.2 Å². The van der Waals surface area contributed by atoms with Gasteiger partial charge in [-0.1, -0.05) is 30.3 Å². The standard InChI is InChI=1S/C23H26F2N2O3/c1-15(26-22(28)29)17-4-2-16(3-5-17)12-27-9-8-18-10-21(7-6-19(18)13-27)30-14-20-11-23(20,24)25/h2-7,10,15,20,26H,8-9,11-14H2,1H3,(H,28,29)/t15-,20?/m0/s1. The van der Waals surface area contributed by atoms with Gasteiger partial charge in [-0.05, 0) is 47.7 Å². The molecule has 5 nitrogen and oxygen atoms in total. The Morgan fingerprint density at radius 2 is 2.00 bits per heavy atom. The summed E-state index contributed by atoms with van der Waals surface area (Å²) >= 11 is 0. The predicted molar refractivity (Wildman–Crippen MR) is 109 cm³/mol. The number of rotatable bonds is 7. The van der Waals surface area contributed by atoms with Crippen LogP contribution in [-0.2, 0) is 19.5 Å². The highest BCUT2D eigenvalue weighted by atomic mass is 19.3. The summed E-state index contributed by atoms with van der Waals surface area (Å²) in [5.74, 6) is -2.51. The van der Waals surface area contributed by atoms with Crippen molar-refractivity contribution in [3.8, 4) is 5.75 Å². The monoisotopic (exact) mass is 416 g/mol. The van der Waals surface area contributed by atoms with Gasteiger partial charge in [0.15, 0.2) is 0 Å². The topological polar surface area (TPSA) is 61.8 Å². The molecule has 1 amide bonds. The fraction of sp³-hybridized carbons (Fsp3) is 0.435. The van der Waals surface area contributed by atoms with E-state index in [0.717, 1.165) is 31.6 Å². The van der Waals surface area contributed by atoms with E-state index in [2.05, 4.69) is 10.2 Å². The van der Waals surface area contributed by atoms with E-state index in [0.29, 0.717) is 5.75 Å². The highest BCUT2D eigenvalue weighted by Gasteiger charge is 2.57. The van der Waals surface area contributed by atoms with Crippen molar-refractivity contribution in [1.29, 1.82) is 0 Å². The third kappa shape index (κ3) is 4.90. The van der Waals surface area contributed by atoms with E-state index < -0.39 is 17.9 Å². The van der Waals surface area contributed by atoms with Crippen LogP contribution in [0.3, 0.4) is 0 Å². The van der Waals surface area contributed by atoms with Crippen molar-refractivity contribution in [1.82, 2.24) is 10.2 Å². The second-order valence-corrected chi connectivity index (χ2v) is 8.28. The van der Waals surface area contributed by atoms with Crippen LogP contribution in [0.5, 0.6) is 5.75 Å². The van der Waals surface area contributed by atoms with Crippen molar-refractivity contribution in [3.63, 3.8) is 0 Å². The minimum atomic E-state index is -2.54. The van der Waals surface area contributed by atoms with Gasteiger partial charge in [-0.15, -0.1) is 0 Å². The molecule has 0 saturated heterocycles. The van der Waals surface area contributed by atoms with Gasteiger partial charge in [0.05, 0.1) is 18.6 Å². The lowest BCUT2D eigenvalue weighted by molar-refractivity contribution is 0.0856. The molecule has 2 atom stereocenters. The maximum Gasteiger partial charge on any atom is 0.405 e. The van der Waals surface area contributed by atoms with E-state index in [1.54, 1.807) is 0 Å². The van der Waals surface area contributed by atoms with Crippen LogP contribution >= 0.6 is 0 Å². The lowest BCUT2D eigenvalue weighted by atomic mass is 9.98. The van der Waals surface area contributed by atoms with Gasteiger partial charge < -0.3 is 15.2 Å². The lowest BCUT2D eigenvalue weighted by Gasteiger charge is -2.29. The molecule has 1 aliphatic carbocycles. The van der Waals surface area contributed by atoms with Crippen molar-refractivity contribution in [2.24, 2.45) is 5.92 Å². The molecule has 0 radical (unpaired) electrons. The van der Waals surface area contributed by atoms with E-state index >= 15 is 0 Å². The van der Waals surface area contributed by atoms with Gasteiger partial charge in [0.25, 0.3) is 5.92 Å². The summed E-state index contributed by atoms with van der Waals surface area (Å²) in [7, 11) is 0. The van der Waals surface area contributed by atoms with Crippen LogP contribution in [0.25, 0.3) is 0 Å². The van der Waals surface area contributed by atoms with Crippen LogP contribution < -0.4 is 10.1 Å². The molecule has 0 aromatic heterocycles. The SMILES string of the molecule is C[C@H](NC(=O)O)c1ccc(CN2CCc3cc(OCC4CC4(F)F)ccc3C2)cc1. The Labute approximate surface area is 174 Å². The molecule has 4 rings (SSSR count). The Bertz CT molecular complexity index is 917. The molecule has 1 heterocycles. The summed E-state index contributed by atoms with van der Waals surface area (Å²) in [6, 6.07) is 13.6. The molecule has 0 bridgehead atoms. The summed E-state index contributed by atoms with van der Waals surface area (Å²) in [5, 5.41) is 11.3. The Morgan fingerprint density at radius 1 is 1.27 bits per heavy atom. The molecule has 7 heteroatoms. The smallest absolute Gasteiger partial charge is 0.405 e. The van der Waals surface area contributed by atoms with E-state index in [9.17, 15) is 13.6 Å². The molecule has 2 N–H and O–H groups in total. The fourth-order valence-electron chi connectivity index (χ4n) is 3.90. The van der Waals surface area contributed by atoms with Gasteiger partial charge in [-0.3, -0.25) is 4.90 Å². The highest BCUT2D eigenvalue weighted by molar-refractivity contribution is 5.65. The Kier molecular flexibility index (Phi) is 5.64. The van der Waals surface area contributed by atoms with E-state index in [1.807, 2.05) is 49.4 Å². The zero-order chi connectivity index (χ0) is 21.3. The van der Waals surface area contributed by atoms with Gasteiger partial charge in [-0.2, -0.15) is 0 Å². The molecule has 1 unspecified atom stereocenters. The Hall–Kier alpha value is -2.67. The summed E-state index contributed by atoms with van der Waals surface area (Å²) < 4.78 is 31.6. The lowest BCUT2D eigenvalue weighted by Crippen LogP contribution is -2.30.